The van der Waals surface area contributed by atoms with E-state index in [2.05, 4.69) is 24.5 Å². The van der Waals surface area contributed by atoms with Crippen LogP contribution in [0.2, 0.25) is 0 Å². The van der Waals surface area contributed by atoms with E-state index in [0.717, 1.165) is 6.54 Å². The first kappa shape index (κ1) is 13.4. The number of carbonyl (C=O) groups excluding carboxylic acids is 1. The third-order valence-electron chi connectivity index (χ3n) is 2.12. The molecule has 0 aliphatic carbocycles. The van der Waals surface area contributed by atoms with Gasteiger partial charge in [-0.1, -0.05) is 13.8 Å². The normalized spacial score (nSPS) is 12.9. The first-order chi connectivity index (χ1) is 6.57. The molecule has 2 N–H and O–H groups in total. The third-order valence-corrected chi connectivity index (χ3v) is 2.12. The number of likely N-dealkylation sites (N-methyl/N-ethyl adjacent to an activating group) is 1. The summed E-state index contributed by atoms with van der Waals surface area (Å²) in [6.45, 7) is 7.64. The van der Waals surface area contributed by atoms with Crippen LogP contribution < -0.4 is 10.6 Å². The smallest absolute Gasteiger partial charge is 0.246 e. The van der Waals surface area contributed by atoms with Gasteiger partial charge in [-0.15, -0.1) is 0 Å². The van der Waals surface area contributed by atoms with Gasteiger partial charge in [-0.05, 0) is 19.9 Å². The van der Waals surface area contributed by atoms with Crippen LogP contribution in [0.15, 0.2) is 0 Å². The average Bonchev–Trinajstić information content (AvgIpc) is 2.12. The second-order valence-corrected chi connectivity index (χ2v) is 3.76. The first-order valence-corrected chi connectivity index (χ1v) is 5.09. The minimum absolute atomic E-state index is 0.0395. The fraction of sp³-hybridized carbons (Fsp3) is 0.900. The summed E-state index contributed by atoms with van der Waals surface area (Å²) in [5.41, 5.74) is 0. The number of carbonyl (C=O) groups is 1. The average molecular weight is 202 g/mol. The van der Waals surface area contributed by atoms with Crippen molar-refractivity contribution in [1.29, 1.82) is 0 Å². The lowest BCUT2D eigenvalue weighted by molar-refractivity contribution is -0.126. The number of ether oxygens (including phenoxy) is 1. The third kappa shape index (κ3) is 6.86. The highest BCUT2D eigenvalue weighted by Gasteiger charge is 2.09. The molecule has 0 spiro atoms. The van der Waals surface area contributed by atoms with E-state index < -0.39 is 0 Å². The Hall–Kier alpha value is -0.610. The van der Waals surface area contributed by atoms with Crippen molar-refractivity contribution in [2.75, 3.05) is 26.8 Å². The van der Waals surface area contributed by atoms with Crippen LogP contribution >= 0.6 is 0 Å². The van der Waals surface area contributed by atoms with Gasteiger partial charge in [0.05, 0.1) is 6.61 Å². The van der Waals surface area contributed by atoms with Crippen molar-refractivity contribution in [1.82, 2.24) is 10.6 Å². The number of hydrogen-bond donors (Lipinski definition) is 2. The largest absolute Gasteiger partial charge is 0.370 e. The molecule has 0 rings (SSSR count). The molecule has 4 heteroatoms. The zero-order chi connectivity index (χ0) is 11.0. The molecule has 0 aromatic heterocycles. The zero-order valence-corrected chi connectivity index (χ0v) is 9.59. The first-order valence-electron chi connectivity index (χ1n) is 5.09. The highest BCUT2D eigenvalue weighted by molar-refractivity contribution is 5.77. The van der Waals surface area contributed by atoms with Crippen molar-refractivity contribution in [3.05, 3.63) is 0 Å². The number of nitrogens with one attached hydrogen (secondary N) is 2. The molecule has 0 saturated carbocycles. The van der Waals surface area contributed by atoms with Crippen molar-refractivity contribution in [2.45, 2.75) is 26.8 Å². The van der Waals surface area contributed by atoms with Gasteiger partial charge in [0.1, 0.15) is 6.61 Å². The Morgan fingerprint density at radius 2 is 2.00 bits per heavy atom. The van der Waals surface area contributed by atoms with Gasteiger partial charge in [-0.3, -0.25) is 4.79 Å². The van der Waals surface area contributed by atoms with Gasteiger partial charge in [0.25, 0.3) is 0 Å². The van der Waals surface area contributed by atoms with Crippen LogP contribution in [-0.2, 0) is 9.53 Å². The van der Waals surface area contributed by atoms with Crippen LogP contribution in [0.1, 0.15) is 20.8 Å². The van der Waals surface area contributed by atoms with Crippen LogP contribution in [-0.4, -0.2) is 38.8 Å². The van der Waals surface area contributed by atoms with Crippen molar-refractivity contribution >= 4 is 5.91 Å². The SMILES string of the molecule is CNCCOCC(=O)NC(C)C(C)C. The Bertz CT molecular complexity index is 160. The molecule has 1 amide bonds. The van der Waals surface area contributed by atoms with E-state index in [1.807, 2.05) is 14.0 Å². The van der Waals surface area contributed by atoms with E-state index in [1.54, 1.807) is 0 Å². The topological polar surface area (TPSA) is 50.4 Å². The van der Waals surface area contributed by atoms with Gasteiger partial charge in [0.15, 0.2) is 0 Å². The van der Waals surface area contributed by atoms with E-state index in [1.165, 1.54) is 0 Å². The predicted molar refractivity (Wildman–Crippen MR) is 57.2 cm³/mol. The molecule has 0 radical (unpaired) electrons. The molecule has 0 fully saturated rings. The second-order valence-electron chi connectivity index (χ2n) is 3.76. The van der Waals surface area contributed by atoms with E-state index >= 15 is 0 Å². The van der Waals surface area contributed by atoms with Crippen LogP contribution in [0.3, 0.4) is 0 Å². The predicted octanol–water partition coefficient (Wildman–Crippen LogP) is 0.383. The molecule has 84 valence electrons. The Kier molecular flexibility index (Phi) is 7.42. The molecule has 0 aromatic carbocycles. The van der Waals surface area contributed by atoms with Crippen LogP contribution in [0.5, 0.6) is 0 Å². The van der Waals surface area contributed by atoms with Gasteiger partial charge < -0.3 is 15.4 Å². The Morgan fingerprint density at radius 1 is 1.36 bits per heavy atom. The summed E-state index contributed by atoms with van der Waals surface area (Å²) in [6, 6.07) is 0.204. The fourth-order valence-electron chi connectivity index (χ4n) is 0.801. The molecule has 0 bridgehead atoms. The molecule has 0 heterocycles. The molecule has 1 atom stereocenters. The van der Waals surface area contributed by atoms with Crippen LogP contribution in [0, 0.1) is 5.92 Å². The van der Waals surface area contributed by atoms with E-state index in [0.29, 0.717) is 12.5 Å². The summed E-state index contributed by atoms with van der Waals surface area (Å²) in [5, 5.41) is 5.82. The molecule has 0 aliphatic heterocycles. The lowest BCUT2D eigenvalue weighted by Gasteiger charge is -2.17. The number of hydrogen-bond acceptors (Lipinski definition) is 3. The van der Waals surface area contributed by atoms with Gasteiger partial charge in [0, 0.05) is 12.6 Å². The quantitative estimate of drug-likeness (QED) is 0.587. The number of amides is 1. The zero-order valence-electron chi connectivity index (χ0n) is 9.59. The summed E-state index contributed by atoms with van der Waals surface area (Å²) in [7, 11) is 1.85. The maximum absolute atomic E-state index is 11.3. The summed E-state index contributed by atoms with van der Waals surface area (Å²) in [4.78, 5) is 11.3. The monoisotopic (exact) mass is 202 g/mol. The fourth-order valence-corrected chi connectivity index (χ4v) is 0.801. The lowest BCUT2D eigenvalue weighted by atomic mass is 10.1. The lowest BCUT2D eigenvalue weighted by Crippen LogP contribution is -2.38. The summed E-state index contributed by atoms with van der Waals surface area (Å²) < 4.78 is 5.14. The highest BCUT2D eigenvalue weighted by atomic mass is 16.5. The minimum atomic E-state index is -0.0395. The van der Waals surface area contributed by atoms with E-state index in [9.17, 15) is 4.79 Å². The molecular weight excluding hydrogens is 180 g/mol. The van der Waals surface area contributed by atoms with Crippen molar-refractivity contribution in [2.24, 2.45) is 5.92 Å². The Labute approximate surface area is 86.4 Å². The Morgan fingerprint density at radius 3 is 2.50 bits per heavy atom. The summed E-state index contributed by atoms with van der Waals surface area (Å²) in [6.07, 6.45) is 0. The van der Waals surface area contributed by atoms with Gasteiger partial charge in [-0.25, -0.2) is 0 Å². The molecule has 0 aromatic rings. The van der Waals surface area contributed by atoms with E-state index in [4.69, 9.17) is 4.74 Å². The maximum Gasteiger partial charge on any atom is 0.246 e. The van der Waals surface area contributed by atoms with Gasteiger partial charge >= 0.3 is 0 Å². The van der Waals surface area contributed by atoms with Crippen LogP contribution in [0.4, 0.5) is 0 Å². The van der Waals surface area contributed by atoms with Gasteiger partial charge in [-0.2, -0.15) is 0 Å². The molecule has 1 unspecified atom stereocenters. The van der Waals surface area contributed by atoms with Crippen molar-refractivity contribution < 1.29 is 9.53 Å². The molecular formula is C10H22N2O2. The highest BCUT2D eigenvalue weighted by Crippen LogP contribution is 1.98. The van der Waals surface area contributed by atoms with Crippen molar-refractivity contribution in [3.8, 4) is 0 Å². The Balaban J connectivity index is 3.45. The van der Waals surface area contributed by atoms with Crippen molar-refractivity contribution in [3.63, 3.8) is 0 Å². The molecule has 14 heavy (non-hydrogen) atoms. The minimum Gasteiger partial charge on any atom is -0.370 e. The molecule has 0 saturated heterocycles. The second kappa shape index (κ2) is 7.76. The molecule has 4 nitrogen and oxygen atoms in total. The van der Waals surface area contributed by atoms with Crippen LogP contribution in [0.25, 0.3) is 0 Å². The molecule has 0 aliphatic rings. The summed E-state index contributed by atoms with van der Waals surface area (Å²) in [5.74, 6) is 0.415. The summed E-state index contributed by atoms with van der Waals surface area (Å²) >= 11 is 0. The standard InChI is InChI=1S/C10H22N2O2/c1-8(2)9(3)12-10(13)7-14-6-5-11-4/h8-9,11H,5-7H2,1-4H3,(H,12,13). The van der Waals surface area contributed by atoms with Gasteiger partial charge in [0.2, 0.25) is 5.91 Å². The maximum atomic E-state index is 11.3. The number of rotatable bonds is 7. The van der Waals surface area contributed by atoms with E-state index in [-0.39, 0.29) is 18.6 Å².